The highest BCUT2D eigenvalue weighted by molar-refractivity contribution is 5.80. The lowest BCUT2D eigenvalue weighted by Crippen LogP contribution is -2.53. The molecule has 0 aromatic rings. The van der Waals surface area contributed by atoms with E-state index >= 15 is 0 Å². The van der Waals surface area contributed by atoms with Crippen molar-refractivity contribution in [1.29, 1.82) is 0 Å². The minimum atomic E-state index is 0.0197. The number of hydrogen-bond acceptors (Lipinski definition) is 3. The molecule has 0 spiro atoms. The fourth-order valence-electron chi connectivity index (χ4n) is 3.28. The molecule has 4 nitrogen and oxygen atoms in total. The van der Waals surface area contributed by atoms with Gasteiger partial charge in [0.2, 0.25) is 5.91 Å². The van der Waals surface area contributed by atoms with Crippen molar-refractivity contribution in [2.24, 2.45) is 17.6 Å². The molecule has 1 aliphatic carbocycles. The number of carbonyl (C=O) groups is 1. The second-order valence-electron chi connectivity index (χ2n) is 6.19. The number of nitrogens with two attached hydrogens (primary N) is 1. The first-order chi connectivity index (χ1) is 8.47. The predicted octanol–water partition coefficient (Wildman–Crippen LogP) is 1.39. The predicted molar refractivity (Wildman–Crippen MR) is 71.1 cm³/mol. The van der Waals surface area contributed by atoms with Gasteiger partial charge in [0, 0.05) is 19.1 Å². The molecule has 1 amide bonds. The van der Waals surface area contributed by atoms with Gasteiger partial charge in [-0.25, -0.2) is 0 Å². The highest BCUT2D eigenvalue weighted by Crippen LogP contribution is 2.30. The van der Waals surface area contributed by atoms with Crippen LogP contribution < -0.4 is 5.73 Å². The van der Waals surface area contributed by atoms with Gasteiger partial charge < -0.3 is 15.4 Å². The number of ether oxygens (including phenoxy) is 1. The van der Waals surface area contributed by atoms with Gasteiger partial charge in [-0.1, -0.05) is 6.92 Å². The molecular weight excluding hydrogens is 228 g/mol. The quantitative estimate of drug-likeness (QED) is 0.769. The lowest BCUT2D eigenvalue weighted by molar-refractivity contribution is -0.149. The second-order valence-corrected chi connectivity index (χ2v) is 6.19. The Morgan fingerprint density at radius 3 is 2.39 bits per heavy atom. The van der Waals surface area contributed by atoms with Crippen LogP contribution in [0.3, 0.4) is 0 Å². The lowest BCUT2D eigenvalue weighted by atomic mass is 9.78. The number of hydrogen-bond donors (Lipinski definition) is 1. The highest BCUT2D eigenvalue weighted by Gasteiger charge is 2.36. The van der Waals surface area contributed by atoms with Crippen LogP contribution in [0, 0.1) is 11.8 Å². The van der Waals surface area contributed by atoms with Gasteiger partial charge >= 0.3 is 0 Å². The zero-order valence-corrected chi connectivity index (χ0v) is 11.8. The number of morpholine rings is 1. The molecule has 5 atom stereocenters. The summed E-state index contributed by atoms with van der Waals surface area (Å²) in [6.45, 7) is 7.69. The van der Waals surface area contributed by atoms with Crippen LogP contribution in [0.2, 0.25) is 0 Å². The fraction of sp³-hybridized carbons (Fsp3) is 0.929. The maximum Gasteiger partial charge on any atom is 0.227 e. The zero-order chi connectivity index (χ0) is 13.3. The van der Waals surface area contributed by atoms with E-state index in [-0.39, 0.29) is 30.1 Å². The van der Waals surface area contributed by atoms with Crippen molar-refractivity contribution in [3.05, 3.63) is 0 Å². The van der Waals surface area contributed by atoms with Crippen LogP contribution in [0.25, 0.3) is 0 Å². The Hall–Kier alpha value is -0.610. The van der Waals surface area contributed by atoms with Crippen molar-refractivity contribution in [3.63, 3.8) is 0 Å². The molecule has 3 unspecified atom stereocenters. The van der Waals surface area contributed by atoms with Gasteiger partial charge in [0.1, 0.15) is 0 Å². The molecule has 4 heteroatoms. The van der Waals surface area contributed by atoms with Crippen LogP contribution in [0.15, 0.2) is 0 Å². The Labute approximate surface area is 110 Å². The summed E-state index contributed by atoms with van der Waals surface area (Å²) in [5, 5.41) is 0. The lowest BCUT2D eigenvalue weighted by Gasteiger charge is -2.40. The summed E-state index contributed by atoms with van der Waals surface area (Å²) in [5.41, 5.74) is 6.14. The summed E-state index contributed by atoms with van der Waals surface area (Å²) in [4.78, 5) is 14.6. The largest absolute Gasteiger partial charge is 0.372 e. The summed E-state index contributed by atoms with van der Waals surface area (Å²) in [6, 6.07) is 0.0437. The normalized spacial score (nSPS) is 41.8. The minimum absolute atomic E-state index is 0.0197. The van der Waals surface area contributed by atoms with Gasteiger partial charge in [0.25, 0.3) is 0 Å². The third-order valence-corrected chi connectivity index (χ3v) is 4.21. The van der Waals surface area contributed by atoms with E-state index in [1.54, 1.807) is 0 Å². The monoisotopic (exact) mass is 254 g/mol. The highest BCUT2D eigenvalue weighted by atomic mass is 16.5. The summed E-state index contributed by atoms with van der Waals surface area (Å²) >= 11 is 0. The molecule has 2 rings (SSSR count). The van der Waals surface area contributed by atoms with Crippen LogP contribution in [-0.2, 0) is 9.53 Å². The number of nitrogens with zero attached hydrogens (tertiary/aromatic N) is 1. The Balaban J connectivity index is 2.01. The first kappa shape index (κ1) is 13.8. The molecule has 2 aliphatic rings. The van der Waals surface area contributed by atoms with Gasteiger partial charge in [-0.2, -0.15) is 0 Å². The van der Waals surface area contributed by atoms with Crippen molar-refractivity contribution >= 4 is 5.91 Å². The molecule has 2 fully saturated rings. The Morgan fingerprint density at radius 1 is 1.17 bits per heavy atom. The van der Waals surface area contributed by atoms with E-state index in [0.29, 0.717) is 19.0 Å². The molecule has 0 bridgehead atoms. The molecule has 0 radical (unpaired) electrons. The van der Waals surface area contributed by atoms with Crippen molar-refractivity contribution < 1.29 is 9.53 Å². The third-order valence-electron chi connectivity index (χ3n) is 4.21. The van der Waals surface area contributed by atoms with E-state index in [0.717, 1.165) is 19.3 Å². The molecule has 1 saturated carbocycles. The van der Waals surface area contributed by atoms with E-state index in [9.17, 15) is 4.79 Å². The van der Waals surface area contributed by atoms with E-state index in [1.807, 2.05) is 18.7 Å². The molecule has 104 valence electrons. The Bertz CT molecular complexity index is 298. The Morgan fingerprint density at radius 2 is 1.78 bits per heavy atom. The molecule has 18 heavy (non-hydrogen) atoms. The summed E-state index contributed by atoms with van der Waals surface area (Å²) in [6.07, 6.45) is 3.35. The SMILES string of the molecule is CC1CCC(N)C(C(=O)N2C[C@@H](C)O[C@@H](C)C2)C1. The average molecular weight is 254 g/mol. The van der Waals surface area contributed by atoms with Gasteiger partial charge in [-0.15, -0.1) is 0 Å². The number of rotatable bonds is 1. The maximum absolute atomic E-state index is 12.6. The molecular formula is C14H26N2O2. The van der Waals surface area contributed by atoms with E-state index in [4.69, 9.17) is 10.5 Å². The van der Waals surface area contributed by atoms with Gasteiger partial charge in [0.05, 0.1) is 18.1 Å². The first-order valence-electron chi connectivity index (χ1n) is 7.17. The fourth-order valence-corrected chi connectivity index (χ4v) is 3.28. The minimum Gasteiger partial charge on any atom is -0.372 e. The smallest absolute Gasteiger partial charge is 0.227 e. The number of amides is 1. The van der Waals surface area contributed by atoms with Gasteiger partial charge in [-0.05, 0) is 39.0 Å². The van der Waals surface area contributed by atoms with Crippen molar-refractivity contribution in [2.45, 2.75) is 58.3 Å². The summed E-state index contributed by atoms with van der Waals surface area (Å²) < 4.78 is 5.68. The standard InChI is InChI=1S/C14H26N2O2/c1-9-4-5-13(15)12(6-9)14(17)16-7-10(2)18-11(3)8-16/h9-13H,4-8,15H2,1-3H3/t9?,10-,11+,12?,13?. The van der Waals surface area contributed by atoms with Crippen LogP contribution in [0.5, 0.6) is 0 Å². The molecule has 2 N–H and O–H groups in total. The third kappa shape index (κ3) is 3.04. The van der Waals surface area contributed by atoms with Crippen LogP contribution in [0.1, 0.15) is 40.0 Å². The molecule has 0 aromatic heterocycles. The van der Waals surface area contributed by atoms with Crippen LogP contribution >= 0.6 is 0 Å². The van der Waals surface area contributed by atoms with Crippen LogP contribution in [0.4, 0.5) is 0 Å². The van der Waals surface area contributed by atoms with E-state index in [2.05, 4.69) is 6.92 Å². The molecule has 1 saturated heterocycles. The van der Waals surface area contributed by atoms with Crippen molar-refractivity contribution in [3.8, 4) is 0 Å². The topological polar surface area (TPSA) is 55.6 Å². The van der Waals surface area contributed by atoms with Gasteiger partial charge in [-0.3, -0.25) is 4.79 Å². The Kier molecular flexibility index (Phi) is 4.28. The van der Waals surface area contributed by atoms with Crippen LogP contribution in [-0.4, -0.2) is 42.1 Å². The number of carbonyl (C=O) groups excluding carboxylic acids is 1. The van der Waals surface area contributed by atoms with Crippen molar-refractivity contribution in [1.82, 2.24) is 4.90 Å². The average Bonchev–Trinajstić information content (AvgIpc) is 2.30. The van der Waals surface area contributed by atoms with Crippen molar-refractivity contribution in [2.75, 3.05) is 13.1 Å². The summed E-state index contributed by atoms with van der Waals surface area (Å²) in [7, 11) is 0. The zero-order valence-electron chi connectivity index (χ0n) is 11.8. The second kappa shape index (κ2) is 5.57. The van der Waals surface area contributed by atoms with E-state index in [1.165, 1.54) is 0 Å². The maximum atomic E-state index is 12.6. The molecule has 1 heterocycles. The first-order valence-corrected chi connectivity index (χ1v) is 7.17. The van der Waals surface area contributed by atoms with E-state index < -0.39 is 0 Å². The molecule has 1 aliphatic heterocycles. The molecule has 0 aromatic carbocycles. The van der Waals surface area contributed by atoms with Gasteiger partial charge in [0.15, 0.2) is 0 Å². The summed E-state index contributed by atoms with van der Waals surface area (Å²) in [5.74, 6) is 0.886.